The molecule has 0 spiro atoms. The normalized spacial score (nSPS) is 12.7. The summed E-state index contributed by atoms with van der Waals surface area (Å²) in [5.74, 6) is 0.769. The SMILES string of the molecule is ClCCCCCC(Cl)Cc1ccccc1. The Kier molecular flexibility index (Phi) is 6.87. The first-order valence-electron chi connectivity index (χ1n) is 5.57. The maximum absolute atomic E-state index is 6.26. The van der Waals surface area contributed by atoms with E-state index in [4.69, 9.17) is 23.2 Å². The molecule has 0 aliphatic carbocycles. The van der Waals surface area contributed by atoms with Gasteiger partial charge in [0.15, 0.2) is 0 Å². The molecule has 1 aromatic carbocycles. The molecule has 0 amide bonds. The largest absolute Gasteiger partial charge is 0.127 e. The molecule has 0 saturated heterocycles. The molecule has 84 valence electrons. The van der Waals surface area contributed by atoms with Gasteiger partial charge in [0.2, 0.25) is 0 Å². The molecule has 1 rings (SSSR count). The van der Waals surface area contributed by atoms with Crippen LogP contribution < -0.4 is 0 Å². The lowest BCUT2D eigenvalue weighted by Crippen LogP contribution is -2.03. The van der Waals surface area contributed by atoms with Crippen LogP contribution in [0.25, 0.3) is 0 Å². The topological polar surface area (TPSA) is 0 Å². The highest BCUT2D eigenvalue weighted by Gasteiger charge is 2.04. The number of alkyl halides is 2. The van der Waals surface area contributed by atoms with E-state index >= 15 is 0 Å². The zero-order chi connectivity index (χ0) is 10.9. The van der Waals surface area contributed by atoms with Crippen molar-refractivity contribution in [2.45, 2.75) is 37.5 Å². The molecule has 0 heterocycles. The van der Waals surface area contributed by atoms with Crippen molar-refractivity contribution in [2.24, 2.45) is 0 Å². The van der Waals surface area contributed by atoms with E-state index in [0.717, 1.165) is 25.1 Å². The molecule has 15 heavy (non-hydrogen) atoms. The van der Waals surface area contributed by atoms with E-state index < -0.39 is 0 Å². The summed E-state index contributed by atoms with van der Waals surface area (Å²) >= 11 is 11.9. The average molecular weight is 245 g/mol. The van der Waals surface area contributed by atoms with Gasteiger partial charge >= 0.3 is 0 Å². The highest BCUT2D eigenvalue weighted by Crippen LogP contribution is 2.14. The Hall–Kier alpha value is -0.200. The molecule has 0 saturated carbocycles. The summed E-state index contributed by atoms with van der Waals surface area (Å²) in [6.45, 7) is 0. The second-order valence-corrected chi connectivity index (χ2v) is 4.82. The van der Waals surface area contributed by atoms with E-state index in [1.165, 1.54) is 18.4 Å². The Morgan fingerprint density at radius 2 is 1.73 bits per heavy atom. The standard InChI is InChI=1S/C13H18Cl2/c14-10-6-2-5-9-13(15)11-12-7-3-1-4-8-12/h1,3-4,7-8,13H,2,5-6,9-11H2. The summed E-state index contributed by atoms with van der Waals surface area (Å²) in [4.78, 5) is 0. The third-order valence-corrected chi connectivity index (χ3v) is 3.09. The summed E-state index contributed by atoms with van der Waals surface area (Å²) in [7, 11) is 0. The Morgan fingerprint density at radius 3 is 2.40 bits per heavy atom. The van der Waals surface area contributed by atoms with Crippen molar-refractivity contribution in [3.63, 3.8) is 0 Å². The molecule has 1 aromatic rings. The minimum atomic E-state index is 0.266. The number of hydrogen-bond donors (Lipinski definition) is 0. The van der Waals surface area contributed by atoms with Gasteiger partial charge < -0.3 is 0 Å². The molecular formula is C13H18Cl2. The molecule has 2 heteroatoms. The van der Waals surface area contributed by atoms with E-state index in [1.807, 2.05) is 6.07 Å². The van der Waals surface area contributed by atoms with E-state index in [0.29, 0.717) is 0 Å². The lowest BCUT2D eigenvalue weighted by Gasteiger charge is -2.08. The van der Waals surface area contributed by atoms with Crippen LogP contribution in [0.15, 0.2) is 30.3 Å². The molecule has 0 aromatic heterocycles. The number of benzene rings is 1. The van der Waals surface area contributed by atoms with Crippen molar-refractivity contribution in [1.29, 1.82) is 0 Å². The lowest BCUT2D eigenvalue weighted by atomic mass is 10.1. The molecule has 0 radical (unpaired) electrons. The first kappa shape index (κ1) is 12.9. The van der Waals surface area contributed by atoms with Gasteiger partial charge in [0.25, 0.3) is 0 Å². The van der Waals surface area contributed by atoms with Crippen molar-refractivity contribution in [1.82, 2.24) is 0 Å². The van der Waals surface area contributed by atoms with Gasteiger partial charge in [-0.15, -0.1) is 23.2 Å². The quantitative estimate of drug-likeness (QED) is 0.485. The zero-order valence-corrected chi connectivity index (χ0v) is 10.5. The first-order valence-corrected chi connectivity index (χ1v) is 6.54. The van der Waals surface area contributed by atoms with E-state index in [9.17, 15) is 0 Å². The highest BCUT2D eigenvalue weighted by atomic mass is 35.5. The fourth-order valence-electron chi connectivity index (χ4n) is 1.61. The summed E-state index contributed by atoms with van der Waals surface area (Å²) in [6.07, 6.45) is 5.56. The Bertz CT molecular complexity index is 246. The third-order valence-electron chi connectivity index (χ3n) is 2.45. The van der Waals surface area contributed by atoms with Crippen LogP contribution in [0.3, 0.4) is 0 Å². The van der Waals surface area contributed by atoms with Crippen molar-refractivity contribution in [2.75, 3.05) is 5.88 Å². The third kappa shape index (κ3) is 6.06. The zero-order valence-electron chi connectivity index (χ0n) is 8.96. The van der Waals surface area contributed by atoms with Crippen LogP contribution in [0.5, 0.6) is 0 Å². The van der Waals surface area contributed by atoms with Gasteiger partial charge in [0.1, 0.15) is 0 Å². The second-order valence-electron chi connectivity index (χ2n) is 3.83. The van der Waals surface area contributed by atoms with Gasteiger partial charge in [-0.25, -0.2) is 0 Å². The molecule has 0 nitrogen and oxygen atoms in total. The number of hydrogen-bond acceptors (Lipinski definition) is 0. The van der Waals surface area contributed by atoms with Gasteiger partial charge in [-0.2, -0.15) is 0 Å². The number of rotatable bonds is 7. The summed E-state index contributed by atoms with van der Waals surface area (Å²) in [6, 6.07) is 10.4. The average Bonchev–Trinajstić information content (AvgIpc) is 2.26. The fraction of sp³-hybridized carbons (Fsp3) is 0.538. The minimum absolute atomic E-state index is 0.266. The number of halogens is 2. The molecule has 1 unspecified atom stereocenters. The van der Waals surface area contributed by atoms with Crippen LogP contribution in [0.4, 0.5) is 0 Å². The molecule has 0 aliphatic rings. The predicted molar refractivity (Wildman–Crippen MR) is 69.0 cm³/mol. The second kappa shape index (κ2) is 8.01. The Labute approximate surface area is 103 Å². The van der Waals surface area contributed by atoms with Gasteiger partial charge in [-0.1, -0.05) is 43.2 Å². The van der Waals surface area contributed by atoms with Gasteiger partial charge in [0, 0.05) is 11.3 Å². The van der Waals surface area contributed by atoms with Gasteiger partial charge in [-0.05, 0) is 24.8 Å². The van der Waals surface area contributed by atoms with Crippen LogP contribution in [0, 0.1) is 0 Å². The number of unbranched alkanes of at least 4 members (excludes halogenated alkanes) is 2. The van der Waals surface area contributed by atoms with Crippen LogP contribution in [0.2, 0.25) is 0 Å². The molecule has 0 aliphatic heterocycles. The van der Waals surface area contributed by atoms with Crippen LogP contribution >= 0.6 is 23.2 Å². The van der Waals surface area contributed by atoms with Gasteiger partial charge in [-0.3, -0.25) is 0 Å². The van der Waals surface area contributed by atoms with E-state index in [-0.39, 0.29) is 5.38 Å². The maximum Gasteiger partial charge on any atom is 0.0376 e. The Balaban J connectivity index is 2.16. The van der Waals surface area contributed by atoms with Crippen LogP contribution in [-0.4, -0.2) is 11.3 Å². The monoisotopic (exact) mass is 244 g/mol. The van der Waals surface area contributed by atoms with E-state index in [2.05, 4.69) is 24.3 Å². The lowest BCUT2D eigenvalue weighted by molar-refractivity contribution is 0.639. The van der Waals surface area contributed by atoms with E-state index in [1.54, 1.807) is 0 Å². The highest BCUT2D eigenvalue weighted by molar-refractivity contribution is 6.20. The summed E-state index contributed by atoms with van der Waals surface area (Å²) < 4.78 is 0. The smallest absolute Gasteiger partial charge is 0.0376 e. The summed E-state index contributed by atoms with van der Waals surface area (Å²) in [5, 5.41) is 0.266. The molecule has 0 fully saturated rings. The Morgan fingerprint density at radius 1 is 1.00 bits per heavy atom. The molecular weight excluding hydrogens is 227 g/mol. The predicted octanol–water partition coefficient (Wildman–Crippen LogP) is 4.64. The van der Waals surface area contributed by atoms with Crippen molar-refractivity contribution in [3.05, 3.63) is 35.9 Å². The fourth-order valence-corrected chi connectivity index (χ4v) is 2.13. The summed E-state index contributed by atoms with van der Waals surface area (Å²) in [5.41, 5.74) is 1.33. The molecule has 0 bridgehead atoms. The minimum Gasteiger partial charge on any atom is -0.127 e. The van der Waals surface area contributed by atoms with Crippen molar-refractivity contribution >= 4 is 23.2 Å². The van der Waals surface area contributed by atoms with Crippen molar-refractivity contribution < 1.29 is 0 Å². The van der Waals surface area contributed by atoms with Gasteiger partial charge in [0.05, 0.1) is 0 Å². The molecule has 0 N–H and O–H groups in total. The maximum atomic E-state index is 6.26. The van der Waals surface area contributed by atoms with Crippen LogP contribution in [-0.2, 0) is 6.42 Å². The van der Waals surface area contributed by atoms with Crippen LogP contribution in [0.1, 0.15) is 31.2 Å². The molecule has 1 atom stereocenters. The van der Waals surface area contributed by atoms with Crippen molar-refractivity contribution in [3.8, 4) is 0 Å². The first-order chi connectivity index (χ1) is 7.33.